The minimum Gasteiger partial charge on any atom is -0.495 e. The Morgan fingerprint density at radius 2 is 2.15 bits per heavy atom. The predicted molar refractivity (Wildman–Crippen MR) is 88.1 cm³/mol. The second kappa shape index (κ2) is 7.90. The summed E-state index contributed by atoms with van der Waals surface area (Å²) in [4.78, 5) is 24.2. The number of carbonyl (C=O) groups excluding carboxylic acids is 1. The quantitative estimate of drug-likeness (QED) is 0.631. The van der Waals surface area contributed by atoms with E-state index in [1.807, 2.05) is 0 Å². The Labute approximate surface area is 148 Å². The van der Waals surface area contributed by atoms with Crippen molar-refractivity contribution in [2.45, 2.75) is 32.0 Å². The molecule has 0 saturated carbocycles. The number of piperidine rings is 1. The lowest BCUT2D eigenvalue weighted by Crippen LogP contribution is -2.49. The molecule has 1 aliphatic rings. The van der Waals surface area contributed by atoms with E-state index in [1.54, 1.807) is 0 Å². The van der Waals surface area contributed by atoms with Crippen molar-refractivity contribution >= 4 is 17.3 Å². The first-order valence-corrected chi connectivity index (χ1v) is 8.07. The number of amides is 1. The third kappa shape index (κ3) is 4.63. The van der Waals surface area contributed by atoms with E-state index in [1.165, 1.54) is 31.1 Å². The molecule has 1 amide bonds. The Bertz CT molecular complexity index is 681. The van der Waals surface area contributed by atoms with Gasteiger partial charge in [-0.25, -0.2) is 0 Å². The second-order valence-electron chi connectivity index (χ2n) is 6.18. The highest BCUT2D eigenvalue weighted by atomic mass is 19.4. The summed E-state index contributed by atoms with van der Waals surface area (Å²) in [6.45, 7) is 1.65. The lowest BCUT2D eigenvalue weighted by molar-refractivity contribution is -0.384. The number of halogens is 3. The van der Waals surface area contributed by atoms with Crippen molar-refractivity contribution in [3.63, 3.8) is 0 Å². The van der Waals surface area contributed by atoms with E-state index in [0.29, 0.717) is 13.0 Å². The summed E-state index contributed by atoms with van der Waals surface area (Å²) >= 11 is 0. The van der Waals surface area contributed by atoms with Gasteiger partial charge in [0.1, 0.15) is 5.75 Å². The summed E-state index contributed by atoms with van der Waals surface area (Å²) in [7, 11) is 1.35. The monoisotopic (exact) mass is 375 g/mol. The molecule has 0 aromatic heterocycles. The van der Waals surface area contributed by atoms with Gasteiger partial charge in [-0.1, -0.05) is 0 Å². The number of anilines is 1. The van der Waals surface area contributed by atoms with Crippen LogP contribution >= 0.6 is 0 Å². The van der Waals surface area contributed by atoms with E-state index in [0.717, 1.165) is 6.07 Å². The van der Waals surface area contributed by atoms with Crippen molar-refractivity contribution in [2.24, 2.45) is 5.92 Å². The van der Waals surface area contributed by atoms with Crippen LogP contribution in [-0.4, -0.2) is 48.1 Å². The molecule has 10 heteroatoms. The number of hydrogen-bond acceptors (Lipinski definition) is 5. The van der Waals surface area contributed by atoms with Crippen LogP contribution in [0.2, 0.25) is 0 Å². The largest absolute Gasteiger partial charge is 0.495 e. The van der Waals surface area contributed by atoms with Gasteiger partial charge in [-0.15, -0.1) is 0 Å². The Morgan fingerprint density at radius 1 is 1.46 bits per heavy atom. The number of nitro benzene ring substituents is 1. The Hall–Kier alpha value is -2.36. The number of nitro groups is 1. The number of hydrogen-bond donors (Lipinski definition) is 1. The number of methoxy groups -OCH3 is 1. The van der Waals surface area contributed by atoms with Gasteiger partial charge in [-0.2, -0.15) is 13.2 Å². The molecule has 1 heterocycles. The lowest BCUT2D eigenvalue weighted by atomic mass is 9.96. The number of likely N-dealkylation sites (tertiary alicyclic amines) is 1. The average molecular weight is 375 g/mol. The number of benzene rings is 1. The van der Waals surface area contributed by atoms with Gasteiger partial charge in [0.25, 0.3) is 5.69 Å². The Morgan fingerprint density at radius 3 is 2.73 bits per heavy atom. The van der Waals surface area contributed by atoms with Gasteiger partial charge in [-0.3, -0.25) is 19.8 Å². The number of non-ortho nitro benzene ring substituents is 1. The van der Waals surface area contributed by atoms with Crippen LogP contribution < -0.4 is 10.1 Å². The average Bonchev–Trinajstić information content (AvgIpc) is 2.60. The third-order valence-corrected chi connectivity index (χ3v) is 4.49. The molecule has 0 aliphatic carbocycles. The maximum absolute atomic E-state index is 12.9. The predicted octanol–water partition coefficient (Wildman–Crippen LogP) is 3.20. The zero-order valence-corrected chi connectivity index (χ0v) is 14.4. The fraction of sp³-hybridized carbons (Fsp3) is 0.562. The topological polar surface area (TPSA) is 84.7 Å². The number of rotatable bonds is 5. The Kier molecular flexibility index (Phi) is 6.06. The molecule has 1 fully saturated rings. The van der Waals surface area contributed by atoms with E-state index < -0.39 is 29.0 Å². The maximum atomic E-state index is 12.9. The highest BCUT2D eigenvalue weighted by Gasteiger charge is 2.43. The zero-order chi connectivity index (χ0) is 19.5. The van der Waals surface area contributed by atoms with Crippen LogP contribution in [0.5, 0.6) is 5.75 Å². The van der Waals surface area contributed by atoms with Gasteiger partial charge in [0.05, 0.1) is 29.7 Å². The van der Waals surface area contributed by atoms with Gasteiger partial charge in [0.2, 0.25) is 5.91 Å². The highest BCUT2D eigenvalue weighted by Crippen LogP contribution is 2.34. The number of alkyl halides is 3. The molecule has 144 valence electrons. The van der Waals surface area contributed by atoms with Crippen molar-refractivity contribution in [1.29, 1.82) is 0 Å². The van der Waals surface area contributed by atoms with E-state index >= 15 is 0 Å². The summed E-state index contributed by atoms with van der Waals surface area (Å²) < 4.78 is 43.9. The van der Waals surface area contributed by atoms with Crippen LogP contribution in [0.4, 0.5) is 24.5 Å². The molecule has 0 bridgehead atoms. The summed E-state index contributed by atoms with van der Waals surface area (Å²) in [6.07, 6.45) is -3.90. The molecule has 1 N–H and O–H groups in total. The van der Waals surface area contributed by atoms with Crippen molar-refractivity contribution in [1.82, 2.24) is 4.90 Å². The van der Waals surface area contributed by atoms with Gasteiger partial charge in [0, 0.05) is 18.7 Å². The van der Waals surface area contributed by atoms with Crippen LogP contribution in [-0.2, 0) is 4.79 Å². The van der Waals surface area contributed by atoms with Gasteiger partial charge in [0.15, 0.2) is 0 Å². The highest BCUT2D eigenvalue weighted by molar-refractivity contribution is 5.96. The summed E-state index contributed by atoms with van der Waals surface area (Å²) in [5.74, 6) is -1.78. The number of nitrogens with zero attached hydrogens (tertiary/aromatic N) is 2. The normalized spacial score (nSPS) is 19.7. The Balaban J connectivity index is 2.11. The molecule has 0 radical (unpaired) electrons. The smallest absolute Gasteiger partial charge is 0.393 e. The van der Waals surface area contributed by atoms with Crippen LogP contribution in [0.15, 0.2) is 18.2 Å². The van der Waals surface area contributed by atoms with Crippen LogP contribution in [0.3, 0.4) is 0 Å². The molecule has 2 rings (SSSR count). The molecule has 0 spiro atoms. The first-order valence-electron chi connectivity index (χ1n) is 8.07. The summed E-state index contributed by atoms with van der Waals surface area (Å²) in [5.41, 5.74) is -0.133. The van der Waals surface area contributed by atoms with Crippen LogP contribution in [0.1, 0.15) is 19.8 Å². The molecule has 1 aliphatic heterocycles. The minimum absolute atomic E-state index is 0.0487. The fourth-order valence-electron chi connectivity index (χ4n) is 2.94. The fourth-order valence-corrected chi connectivity index (χ4v) is 2.94. The first kappa shape index (κ1) is 20.0. The van der Waals surface area contributed by atoms with Gasteiger partial charge >= 0.3 is 6.18 Å². The first-order chi connectivity index (χ1) is 12.1. The SMILES string of the molecule is COc1ccc([N+](=O)[O-])cc1NC(=O)C(C)N1CCCC(C(F)(F)F)C1. The van der Waals surface area contributed by atoms with E-state index in [9.17, 15) is 28.1 Å². The molecule has 1 aromatic rings. The molecule has 2 atom stereocenters. The third-order valence-electron chi connectivity index (χ3n) is 4.49. The van der Waals surface area contributed by atoms with Crippen LogP contribution in [0.25, 0.3) is 0 Å². The number of carbonyl (C=O) groups is 1. The van der Waals surface area contributed by atoms with Gasteiger partial charge in [-0.05, 0) is 32.4 Å². The van der Waals surface area contributed by atoms with E-state index in [2.05, 4.69) is 5.32 Å². The molecule has 26 heavy (non-hydrogen) atoms. The standard InChI is InChI=1S/C16H20F3N3O4/c1-10(21-7-3-4-11(9-21)16(17,18)19)15(23)20-13-8-12(22(24)25)5-6-14(13)26-2/h5-6,8,10-11H,3-4,7,9H2,1-2H3,(H,20,23). The number of nitrogens with one attached hydrogen (secondary N) is 1. The summed E-state index contributed by atoms with van der Waals surface area (Å²) in [5, 5.41) is 13.4. The van der Waals surface area contributed by atoms with Crippen molar-refractivity contribution in [3.05, 3.63) is 28.3 Å². The van der Waals surface area contributed by atoms with Crippen LogP contribution in [0, 0.1) is 16.0 Å². The maximum Gasteiger partial charge on any atom is 0.393 e. The molecule has 1 aromatic carbocycles. The molecular formula is C16H20F3N3O4. The van der Waals surface area contributed by atoms with Crippen molar-refractivity contribution < 1.29 is 27.6 Å². The molecular weight excluding hydrogens is 355 g/mol. The molecule has 7 nitrogen and oxygen atoms in total. The molecule has 1 saturated heterocycles. The minimum atomic E-state index is -4.29. The second-order valence-corrected chi connectivity index (χ2v) is 6.18. The lowest BCUT2D eigenvalue weighted by Gasteiger charge is -2.36. The van der Waals surface area contributed by atoms with Gasteiger partial charge < -0.3 is 10.1 Å². The van der Waals surface area contributed by atoms with Crippen molar-refractivity contribution in [3.8, 4) is 5.75 Å². The molecule has 2 unspecified atom stereocenters. The zero-order valence-electron chi connectivity index (χ0n) is 14.4. The summed E-state index contributed by atoms with van der Waals surface area (Å²) in [6, 6.07) is 2.91. The van der Waals surface area contributed by atoms with E-state index in [-0.39, 0.29) is 30.1 Å². The number of ether oxygens (including phenoxy) is 1. The van der Waals surface area contributed by atoms with Crippen molar-refractivity contribution in [2.75, 3.05) is 25.5 Å². The van der Waals surface area contributed by atoms with E-state index in [4.69, 9.17) is 4.74 Å².